The third kappa shape index (κ3) is 3.01. The van der Waals surface area contributed by atoms with E-state index in [0.717, 1.165) is 25.2 Å². The molecule has 2 saturated carbocycles. The lowest BCUT2D eigenvalue weighted by atomic mass is 9.55. The molecule has 3 aliphatic rings. The van der Waals surface area contributed by atoms with Crippen LogP contribution in [0.4, 0.5) is 0 Å². The van der Waals surface area contributed by atoms with Gasteiger partial charge in [-0.05, 0) is 97.1 Å². The van der Waals surface area contributed by atoms with E-state index >= 15 is 0 Å². The lowest BCUT2D eigenvalue weighted by molar-refractivity contribution is -0.0226. The molecule has 138 valence electrons. The van der Waals surface area contributed by atoms with Gasteiger partial charge < -0.3 is 10.2 Å². The maximum atomic E-state index is 10.4. The molecule has 0 bridgehead atoms. The molecular formula is C22H28N2O2. The highest BCUT2D eigenvalue weighted by Crippen LogP contribution is 2.60. The molecule has 4 heteroatoms. The van der Waals surface area contributed by atoms with Crippen molar-refractivity contribution in [1.82, 2.24) is 10.2 Å². The van der Waals surface area contributed by atoms with Gasteiger partial charge in [0.1, 0.15) is 5.75 Å². The van der Waals surface area contributed by atoms with Crippen molar-refractivity contribution in [2.75, 3.05) is 0 Å². The quantitative estimate of drug-likeness (QED) is 0.749. The van der Waals surface area contributed by atoms with Crippen LogP contribution in [0.1, 0.15) is 56.1 Å². The fourth-order valence-corrected chi connectivity index (χ4v) is 5.79. The average molecular weight is 352 g/mol. The van der Waals surface area contributed by atoms with Crippen molar-refractivity contribution in [1.29, 1.82) is 0 Å². The summed E-state index contributed by atoms with van der Waals surface area (Å²) in [5, 5.41) is 27.1. The minimum atomic E-state index is -0.0883. The number of aliphatic hydroxyl groups excluding tert-OH is 1. The molecule has 0 unspecified atom stereocenters. The number of aromatic hydroxyl groups is 1. The summed E-state index contributed by atoms with van der Waals surface area (Å²) in [4.78, 5) is 0. The van der Waals surface area contributed by atoms with Crippen LogP contribution in [0.3, 0.4) is 0 Å². The van der Waals surface area contributed by atoms with Crippen molar-refractivity contribution in [3.05, 3.63) is 53.9 Å². The van der Waals surface area contributed by atoms with E-state index in [2.05, 4.69) is 23.2 Å². The first-order chi connectivity index (χ1) is 12.6. The fourth-order valence-electron chi connectivity index (χ4n) is 5.79. The Kier molecular flexibility index (Phi) is 4.70. The summed E-state index contributed by atoms with van der Waals surface area (Å²) < 4.78 is 0. The number of rotatable bonds is 0. The van der Waals surface area contributed by atoms with Crippen molar-refractivity contribution in [2.45, 2.75) is 57.5 Å². The van der Waals surface area contributed by atoms with Gasteiger partial charge in [-0.2, -0.15) is 10.2 Å². The normalized spacial score (nSPS) is 34.7. The first kappa shape index (κ1) is 17.5. The van der Waals surface area contributed by atoms with Crippen molar-refractivity contribution < 1.29 is 10.2 Å². The van der Waals surface area contributed by atoms with Gasteiger partial charge in [0, 0.05) is 12.4 Å². The Bertz CT molecular complexity index is 724. The molecule has 1 heterocycles. The minimum Gasteiger partial charge on any atom is -0.508 e. The van der Waals surface area contributed by atoms with Gasteiger partial charge in [-0.15, -0.1) is 0 Å². The highest BCUT2D eigenvalue weighted by atomic mass is 16.3. The van der Waals surface area contributed by atoms with Crippen LogP contribution in [0, 0.1) is 17.3 Å². The third-order valence-corrected chi connectivity index (χ3v) is 7.14. The van der Waals surface area contributed by atoms with Gasteiger partial charge in [0.25, 0.3) is 0 Å². The number of hydrogen-bond donors (Lipinski definition) is 2. The van der Waals surface area contributed by atoms with Crippen molar-refractivity contribution >= 4 is 0 Å². The number of hydrogen-bond acceptors (Lipinski definition) is 4. The smallest absolute Gasteiger partial charge is 0.115 e. The number of aryl methyl sites for hydroxylation is 1. The predicted octanol–water partition coefficient (Wildman–Crippen LogP) is 4.09. The molecule has 1 aromatic heterocycles. The number of aliphatic hydroxyl groups is 1. The van der Waals surface area contributed by atoms with E-state index in [1.54, 1.807) is 12.4 Å². The number of fused-ring (bicyclic) bond motifs is 5. The van der Waals surface area contributed by atoms with Crippen LogP contribution in [0.25, 0.3) is 0 Å². The zero-order chi connectivity index (χ0) is 18.1. The summed E-state index contributed by atoms with van der Waals surface area (Å²) in [5.74, 6) is 2.49. The number of nitrogens with zero attached hydrogens (tertiary/aromatic N) is 2. The molecular weight excluding hydrogens is 324 g/mol. The second-order valence-electron chi connectivity index (χ2n) is 8.35. The van der Waals surface area contributed by atoms with Gasteiger partial charge in [0.05, 0.1) is 6.10 Å². The van der Waals surface area contributed by atoms with E-state index in [9.17, 15) is 10.2 Å². The maximum absolute atomic E-state index is 10.4. The van der Waals surface area contributed by atoms with Crippen molar-refractivity contribution in [3.63, 3.8) is 0 Å². The van der Waals surface area contributed by atoms with Crippen molar-refractivity contribution in [3.8, 4) is 5.75 Å². The Morgan fingerprint density at radius 2 is 1.81 bits per heavy atom. The molecule has 5 atom stereocenters. The molecule has 0 radical (unpaired) electrons. The van der Waals surface area contributed by atoms with Crippen LogP contribution < -0.4 is 0 Å². The van der Waals surface area contributed by atoms with Gasteiger partial charge >= 0.3 is 0 Å². The van der Waals surface area contributed by atoms with Gasteiger partial charge in [0.15, 0.2) is 0 Å². The Hall–Kier alpha value is -1.94. The van der Waals surface area contributed by atoms with E-state index in [0.29, 0.717) is 17.6 Å². The fraction of sp³-hybridized carbons (Fsp3) is 0.545. The van der Waals surface area contributed by atoms with E-state index in [1.165, 1.54) is 30.4 Å². The molecule has 0 amide bonds. The molecule has 5 rings (SSSR count). The first-order valence-electron chi connectivity index (χ1n) is 9.81. The lowest BCUT2D eigenvalue weighted by Crippen LogP contribution is -2.43. The summed E-state index contributed by atoms with van der Waals surface area (Å²) >= 11 is 0. The topological polar surface area (TPSA) is 66.2 Å². The minimum absolute atomic E-state index is 0.0883. The molecule has 2 N–H and O–H groups in total. The van der Waals surface area contributed by atoms with Gasteiger partial charge in [-0.3, -0.25) is 0 Å². The SMILES string of the molecule is C[C@]12CC[C@@H]3c4ccc(O)cc4CC[C@H]3[C@@H]1CC[C@@H]2O.c1ccnnc1. The zero-order valence-electron chi connectivity index (χ0n) is 15.4. The lowest BCUT2D eigenvalue weighted by Gasteiger charge is -2.50. The van der Waals surface area contributed by atoms with Gasteiger partial charge in [0.2, 0.25) is 0 Å². The molecule has 4 nitrogen and oxygen atoms in total. The second-order valence-corrected chi connectivity index (χ2v) is 8.35. The summed E-state index contributed by atoms with van der Waals surface area (Å²) in [6.07, 6.45) is 10.1. The zero-order valence-corrected chi connectivity index (χ0v) is 15.4. The summed E-state index contributed by atoms with van der Waals surface area (Å²) in [6, 6.07) is 9.61. The van der Waals surface area contributed by atoms with Crippen LogP contribution in [0.5, 0.6) is 5.75 Å². The number of phenolic OH excluding ortho intramolecular Hbond substituents is 1. The first-order valence-corrected chi connectivity index (χ1v) is 9.81. The predicted molar refractivity (Wildman–Crippen MR) is 101 cm³/mol. The van der Waals surface area contributed by atoms with Gasteiger partial charge in [-0.1, -0.05) is 13.0 Å². The maximum Gasteiger partial charge on any atom is 0.115 e. The van der Waals surface area contributed by atoms with Crippen LogP contribution in [0.2, 0.25) is 0 Å². The summed E-state index contributed by atoms with van der Waals surface area (Å²) in [7, 11) is 0. The van der Waals surface area contributed by atoms with Crippen LogP contribution >= 0.6 is 0 Å². The van der Waals surface area contributed by atoms with Crippen LogP contribution in [0.15, 0.2) is 42.7 Å². The van der Waals surface area contributed by atoms with Crippen LogP contribution in [-0.4, -0.2) is 26.5 Å². The Balaban J connectivity index is 0.000000240. The largest absolute Gasteiger partial charge is 0.508 e. The molecule has 3 aliphatic carbocycles. The Labute approximate surface area is 155 Å². The molecule has 0 aliphatic heterocycles. The Morgan fingerprint density at radius 3 is 2.50 bits per heavy atom. The van der Waals surface area contributed by atoms with E-state index in [4.69, 9.17) is 0 Å². The molecule has 0 saturated heterocycles. The molecule has 1 aromatic carbocycles. The van der Waals surface area contributed by atoms with Crippen LogP contribution in [-0.2, 0) is 6.42 Å². The van der Waals surface area contributed by atoms with E-state index in [1.807, 2.05) is 24.3 Å². The number of benzene rings is 1. The van der Waals surface area contributed by atoms with E-state index < -0.39 is 0 Å². The van der Waals surface area contributed by atoms with Crippen molar-refractivity contribution in [2.24, 2.45) is 17.3 Å². The monoisotopic (exact) mass is 352 g/mol. The highest BCUT2D eigenvalue weighted by Gasteiger charge is 2.54. The average Bonchev–Trinajstić information content (AvgIpc) is 2.98. The summed E-state index contributed by atoms with van der Waals surface area (Å²) in [6.45, 7) is 2.32. The molecule has 2 aromatic rings. The standard InChI is InChI=1S/C18H24O2.C4H4N2/c1-18-9-8-14-13-5-3-12(19)10-11(13)2-4-15(14)16(18)6-7-17(18)20;1-2-4-6-5-3-1/h3,5,10,14-17,19-20H,2,4,6-9H2,1H3;1-4H/t14-,15-,16+,17+,18+;/m1./s1. The second kappa shape index (κ2) is 6.99. The Morgan fingerprint density at radius 1 is 1.04 bits per heavy atom. The number of aromatic nitrogens is 2. The molecule has 0 spiro atoms. The molecule has 26 heavy (non-hydrogen) atoms. The summed E-state index contributed by atoms with van der Waals surface area (Å²) in [5.41, 5.74) is 2.99. The van der Waals surface area contributed by atoms with E-state index in [-0.39, 0.29) is 11.5 Å². The third-order valence-electron chi connectivity index (χ3n) is 7.14. The highest BCUT2D eigenvalue weighted by molar-refractivity contribution is 5.40. The molecule has 2 fully saturated rings. The van der Waals surface area contributed by atoms with Gasteiger partial charge in [-0.25, -0.2) is 0 Å². The number of phenols is 1.